The molecule has 0 radical (unpaired) electrons. The van der Waals surface area contributed by atoms with Crippen molar-refractivity contribution in [1.29, 1.82) is 0 Å². The predicted octanol–water partition coefficient (Wildman–Crippen LogP) is -0.210. The molecule has 0 saturated carbocycles. The van der Waals surface area contributed by atoms with E-state index < -0.39 is 83.7 Å². The molecule has 2 unspecified atom stereocenters. The molecule has 40 heavy (non-hydrogen) atoms. The molecule has 1 aromatic heterocycles. The standard InChI is InChI=1S/C25H24O15/c1-36-13-4-9(2-3-11(13)27)23-24(20(33)18-12(28)5-10(26)6-14(18)38-23)40-25-22(35)21(34)19(32)15(39-25)8-37-17(31)7-16(29)30/h2-6,15,19,21-22,25-28,32,34-35H,7-8H2,1H3,(H,29,30)/t15-,19-,21?,22?,25+/m1/s1. The van der Waals surface area contributed by atoms with Crippen molar-refractivity contribution < 1.29 is 68.7 Å². The van der Waals surface area contributed by atoms with Crippen molar-refractivity contribution in [1.82, 2.24) is 0 Å². The fourth-order valence-electron chi connectivity index (χ4n) is 4.00. The summed E-state index contributed by atoms with van der Waals surface area (Å²) in [7, 11) is 1.27. The fourth-order valence-corrected chi connectivity index (χ4v) is 4.00. The zero-order valence-electron chi connectivity index (χ0n) is 20.6. The van der Waals surface area contributed by atoms with E-state index in [0.717, 1.165) is 12.1 Å². The van der Waals surface area contributed by atoms with E-state index in [1.54, 1.807) is 0 Å². The fraction of sp³-hybridized carbons (Fsp3) is 0.320. The van der Waals surface area contributed by atoms with Gasteiger partial charge in [0.2, 0.25) is 17.5 Å². The van der Waals surface area contributed by atoms with E-state index >= 15 is 0 Å². The minimum Gasteiger partial charge on any atom is -0.508 e. The number of hydrogen-bond acceptors (Lipinski definition) is 14. The van der Waals surface area contributed by atoms with Gasteiger partial charge in [-0.3, -0.25) is 14.4 Å². The van der Waals surface area contributed by atoms with Gasteiger partial charge in [-0.15, -0.1) is 0 Å². The van der Waals surface area contributed by atoms with Crippen LogP contribution >= 0.6 is 0 Å². The highest BCUT2D eigenvalue weighted by Gasteiger charge is 2.46. The van der Waals surface area contributed by atoms with Crippen LogP contribution < -0.4 is 14.9 Å². The molecule has 2 aromatic carbocycles. The molecule has 4 rings (SSSR count). The van der Waals surface area contributed by atoms with Crippen molar-refractivity contribution in [3.05, 3.63) is 40.6 Å². The smallest absolute Gasteiger partial charge is 0.317 e. The number of aliphatic hydroxyl groups excluding tert-OH is 3. The average Bonchev–Trinajstić information content (AvgIpc) is 2.89. The highest BCUT2D eigenvalue weighted by molar-refractivity contribution is 5.90. The molecule has 15 nitrogen and oxygen atoms in total. The van der Waals surface area contributed by atoms with Gasteiger partial charge >= 0.3 is 11.9 Å². The van der Waals surface area contributed by atoms with Crippen molar-refractivity contribution >= 4 is 22.9 Å². The lowest BCUT2D eigenvalue weighted by molar-refractivity contribution is -0.278. The molecular formula is C25H24O15. The zero-order valence-corrected chi connectivity index (χ0v) is 20.6. The predicted molar refractivity (Wildman–Crippen MR) is 130 cm³/mol. The summed E-state index contributed by atoms with van der Waals surface area (Å²) in [6.07, 6.45) is -10.1. The maximum atomic E-state index is 13.5. The quantitative estimate of drug-likeness (QED) is 0.138. The summed E-state index contributed by atoms with van der Waals surface area (Å²) < 4.78 is 26.7. The number of phenolic OH excluding ortho intramolecular Hbond substituents is 3. The van der Waals surface area contributed by atoms with Crippen LogP contribution in [0, 0.1) is 0 Å². The van der Waals surface area contributed by atoms with Crippen LogP contribution in [0.5, 0.6) is 28.7 Å². The Morgan fingerprint density at radius 2 is 1.70 bits per heavy atom. The van der Waals surface area contributed by atoms with Gasteiger partial charge in [0, 0.05) is 17.7 Å². The number of carboxylic acids is 1. The lowest BCUT2D eigenvalue weighted by Gasteiger charge is -2.39. The summed E-state index contributed by atoms with van der Waals surface area (Å²) >= 11 is 0. The number of carboxylic acid groups (broad SMARTS) is 1. The normalized spacial score (nSPS) is 22.6. The number of fused-ring (bicyclic) bond motifs is 1. The Morgan fingerprint density at radius 3 is 2.38 bits per heavy atom. The number of ether oxygens (including phenoxy) is 4. The van der Waals surface area contributed by atoms with Gasteiger partial charge in [-0.05, 0) is 18.2 Å². The zero-order chi connectivity index (χ0) is 29.3. The van der Waals surface area contributed by atoms with E-state index in [4.69, 9.17) is 28.5 Å². The second-order valence-corrected chi connectivity index (χ2v) is 8.70. The van der Waals surface area contributed by atoms with Crippen LogP contribution in [0.25, 0.3) is 22.3 Å². The third-order valence-electron chi connectivity index (χ3n) is 5.97. The monoisotopic (exact) mass is 564 g/mol. The number of aliphatic hydroxyl groups is 3. The summed E-state index contributed by atoms with van der Waals surface area (Å²) in [5.74, 6) is -5.01. The van der Waals surface area contributed by atoms with E-state index in [2.05, 4.69) is 0 Å². The number of benzene rings is 2. The summed E-state index contributed by atoms with van der Waals surface area (Å²) in [6.45, 7) is -0.745. The third kappa shape index (κ3) is 5.57. The Morgan fingerprint density at radius 1 is 0.975 bits per heavy atom. The Balaban J connectivity index is 1.77. The number of aliphatic carboxylic acids is 1. The second kappa shape index (κ2) is 11.3. The van der Waals surface area contributed by atoms with Gasteiger partial charge in [-0.25, -0.2) is 0 Å². The van der Waals surface area contributed by atoms with Crippen LogP contribution in [0.1, 0.15) is 6.42 Å². The molecule has 1 aliphatic rings. The molecule has 1 aliphatic heterocycles. The molecule has 0 aliphatic carbocycles. The molecule has 0 spiro atoms. The summed E-state index contributed by atoms with van der Waals surface area (Å²) in [5, 5.41) is 69.7. The van der Waals surface area contributed by atoms with Crippen molar-refractivity contribution in [3.63, 3.8) is 0 Å². The molecule has 2 heterocycles. The van der Waals surface area contributed by atoms with E-state index in [1.165, 1.54) is 25.3 Å². The molecule has 15 heteroatoms. The Hall–Kier alpha value is -4.57. The van der Waals surface area contributed by atoms with E-state index in [0.29, 0.717) is 0 Å². The maximum absolute atomic E-state index is 13.5. The highest BCUT2D eigenvalue weighted by Crippen LogP contribution is 2.39. The molecule has 7 N–H and O–H groups in total. The van der Waals surface area contributed by atoms with Crippen molar-refractivity contribution in [2.75, 3.05) is 13.7 Å². The number of phenols is 3. The van der Waals surface area contributed by atoms with Crippen LogP contribution in [0.4, 0.5) is 0 Å². The van der Waals surface area contributed by atoms with E-state index in [1.807, 2.05) is 0 Å². The largest absolute Gasteiger partial charge is 0.508 e. The van der Waals surface area contributed by atoms with Gasteiger partial charge in [-0.2, -0.15) is 0 Å². The van der Waals surface area contributed by atoms with Gasteiger partial charge in [0.1, 0.15) is 59.9 Å². The molecule has 0 amide bonds. The van der Waals surface area contributed by atoms with Crippen LogP contribution in [0.2, 0.25) is 0 Å². The maximum Gasteiger partial charge on any atom is 0.317 e. The first-order valence-corrected chi connectivity index (χ1v) is 11.5. The second-order valence-electron chi connectivity index (χ2n) is 8.70. The lowest BCUT2D eigenvalue weighted by atomic mass is 9.99. The number of carbonyl (C=O) groups excluding carboxylic acids is 1. The third-order valence-corrected chi connectivity index (χ3v) is 5.97. The first kappa shape index (κ1) is 28.4. The minimum atomic E-state index is -1.97. The van der Waals surface area contributed by atoms with Crippen LogP contribution in [-0.2, 0) is 19.1 Å². The van der Waals surface area contributed by atoms with Crippen molar-refractivity contribution in [2.45, 2.75) is 37.1 Å². The first-order valence-electron chi connectivity index (χ1n) is 11.5. The van der Waals surface area contributed by atoms with E-state index in [-0.39, 0.29) is 28.4 Å². The molecular weight excluding hydrogens is 540 g/mol. The molecule has 0 bridgehead atoms. The summed E-state index contributed by atoms with van der Waals surface area (Å²) in [5.41, 5.74) is -1.17. The number of carbonyl (C=O) groups is 2. The Bertz CT molecular complexity index is 1500. The van der Waals surface area contributed by atoms with Gasteiger partial charge in [-0.1, -0.05) is 0 Å². The van der Waals surface area contributed by atoms with Crippen molar-refractivity contribution in [3.8, 4) is 40.1 Å². The van der Waals surface area contributed by atoms with Crippen LogP contribution in [0.15, 0.2) is 39.5 Å². The molecule has 214 valence electrons. The first-order chi connectivity index (χ1) is 18.9. The topological polar surface area (TPSA) is 243 Å². The van der Waals surface area contributed by atoms with Crippen LogP contribution in [0.3, 0.4) is 0 Å². The van der Waals surface area contributed by atoms with Crippen LogP contribution in [-0.4, -0.2) is 92.1 Å². The van der Waals surface area contributed by atoms with Crippen molar-refractivity contribution in [2.24, 2.45) is 0 Å². The molecule has 1 fully saturated rings. The number of esters is 1. The highest BCUT2D eigenvalue weighted by atomic mass is 16.7. The summed E-state index contributed by atoms with van der Waals surface area (Å²) in [6, 6.07) is 5.74. The Kier molecular flexibility index (Phi) is 8.01. The molecule has 1 saturated heterocycles. The number of methoxy groups -OCH3 is 1. The number of hydrogen-bond donors (Lipinski definition) is 7. The number of aromatic hydroxyl groups is 3. The molecule has 5 atom stereocenters. The summed E-state index contributed by atoms with van der Waals surface area (Å²) in [4.78, 5) is 35.8. The average molecular weight is 564 g/mol. The molecule has 3 aromatic rings. The van der Waals surface area contributed by atoms with E-state index in [9.17, 15) is 45.0 Å². The minimum absolute atomic E-state index is 0.0271. The SMILES string of the molecule is COc1cc(-c2oc3cc(O)cc(O)c3c(=O)c2O[C@@H]2O[C@H](COC(=O)CC(=O)O)[C@@H](O)C(O)C2O)ccc1O. The van der Waals surface area contributed by atoms with Gasteiger partial charge in [0.05, 0.1) is 7.11 Å². The van der Waals surface area contributed by atoms with Gasteiger partial charge in [0.25, 0.3) is 0 Å². The lowest BCUT2D eigenvalue weighted by Crippen LogP contribution is -2.60. The Labute approximate surface area is 223 Å². The van der Waals surface area contributed by atoms with Gasteiger partial charge in [0.15, 0.2) is 17.3 Å². The van der Waals surface area contributed by atoms with Gasteiger partial charge < -0.3 is 59.1 Å². The number of rotatable bonds is 8.